The van der Waals surface area contributed by atoms with Crippen LogP contribution in [0, 0.1) is 0 Å². The molecule has 0 aliphatic rings. The number of aromatic nitrogens is 5. The molecule has 3 heterocycles. The third-order valence-electron chi connectivity index (χ3n) is 4.32. The topological polar surface area (TPSA) is 111 Å². The standard InChI is InChI=1S/C18H17I2N5O2/c1-7(19)8-4-13(27)9(5-12(8)26)14-21-10-6-11-16(24-15(10)23-14)25-17(22-11)18(2,3)20/h4-7,26-27H,1-3H3,(H2,21,22,23,24,25). The van der Waals surface area contributed by atoms with Gasteiger partial charge in [-0.25, -0.2) is 15.0 Å². The molecule has 0 saturated heterocycles. The molecule has 0 aliphatic heterocycles. The lowest BCUT2D eigenvalue weighted by atomic mass is 10.1. The van der Waals surface area contributed by atoms with Gasteiger partial charge in [-0.05, 0) is 39.0 Å². The van der Waals surface area contributed by atoms with Crippen LogP contribution in [0.5, 0.6) is 11.5 Å². The van der Waals surface area contributed by atoms with Crippen LogP contribution in [-0.4, -0.2) is 35.1 Å². The number of alkyl halides is 2. The van der Waals surface area contributed by atoms with Gasteiger partial charge in [0, 0.05) is 9.49 Å². The molecule has 9 heteroatoms. The third-order valence-corrected chi connectivity index (χ3v) is 5.50. The molecule has 3 aromatic heterocycles. The number of nitrogens with zero attached hydrogens (tertiary/aromatic N) is 3. The molecule has 4 rings (SSSR count). The minimum absolute atomic E-state index is 0.0583. The summed E-state index contributed by atoms with van der Waals surface area (Å²) >= 11 is 4.51. The van der Waals surface area contributed by atoms with Crippen molar-refractivity contribution in [2.45, 2.75) is 28.1 Å². The Hall–Kier alpha value is -1.63. The van der Waals surface area contributed by atoms with Crippen LogP contribution in [0.15, 0.2) is 18.2 Å². The molecular weight excluding hydrogens is 572 g/mol. The first-order valence-electron chi connectivity index (χ1n) is 8.29. The normalized spacial score (nSPS) is 13.5. The van der Waals surface area contributed by atoms with Crippen molar-refractivity contribution in [1.29, 1.82) is 0 Å². The van der Waals surface area contributed by atoms with Gasteiger partial charge >= 0.3 is 0 Å². The van der Waals surface area contributed by atoms with Crippen LogP contribution in [0.1, 0.15) is 36.1 Å². The van der Waals surface area contributed by atoms with E-state index in [1.54, 1.807) is 6.07 Å². The van der Waals surface area contributed by atoms with Crippen LogP contribution in [0.2, 0.25) is 0 Å². The molecule has 27 heavy (non-hydrogen) atoms. The number of phenols is 2. The number of aromatic hydroxyl groups is 2. The zero-order valence-electron chi connectivity index (χ0n) is 14.8. The molecule has 0 aliphatic carbocycles. The number of rotatable bonds is 3. The van der Waals surface area contributed by atoms with Crippen LogP contribution in [0.25, 0.3) is 33.7 Å². The first-order valence-corrected chi connectivity index (χ1v) is 10.6. The maximum absolute atomic E-state index is 10.4. The van der Waals surface area contributed by atoms with E-state index >= 15 is 0 Å². The Morgan fingerprint density at radius 1 is 0.963 bits per heavy atom. The molecule has 0 bridgehead atoms. The fourth-order valence-electron chi connectivity index (χ4n) is 2.88. The maximum atomic E-state index is 10.4. The van der Waals surface area contributed by atoms with Gasteiger partial charge in [0.05, 0.1) is 20.0 Å². The quantitative estimate of drug-likeness (QED) is 0.152. The van der Waals surface area contributed by atoms with Crippen molar-refractivity contribution in [3.63, 3.8) is 0 Å². The molecule has 1 atom stereocenters. The number of nitrogens with one attached hydrogen (secondary N) is 2. The smallest absolute Gasteiger partial charge is 0.180 e. The van der Waals surface area contributed by atoms with Gasteiger partial charge in [-0.1, -0.05) is 45.2 Å². The van der Waals surface area contributed by atoms with Crippen molar-refractivity contribution in [3.8, 4) is 22.9 Å². The second-order valence-electron chi connectivity index (χ2n) is 6.92. The lowest BCUT2D eigenvalue weighted by Gasteiger charge is -2.11. The summed E-state index contributed by atoms with van der Waals surface area (Å²) in [5.74, 6) is 1.48. The van der Waals surface area contributed by atoms with Gasteiger partial charge in [0.2, 0.25) is 0 Å². The number of fused-ring (bicyclic) bond motifs is 2. The lowest BCUT2D eigenvalue weighted by Crippen LogP contribution is -2.08. The number of aromatic amines is 2. The Balaban J connectivity index is 1.84. The Kier molecular flexibility index (Phi) is 4.48. The Bertz CT molecular complexity index is 1120. The number of benzene rings is 1. The van der Waals surface area contributed by atoms with Crippen molar-refractivity contribution < 1.29 is 10.2 Å². The summed E-state index contributed by atoms with van der Waals surface area (Å²) in [6.45, 7) is 6.09. The van der Waals surface area contributed by atoms with E-state index in [9.17, 15) is 10.2 Å². The van der Waals surface area contributed by atoms with Gasteiger partial charge in [-0.15, -0.1) is 0 Å². The molecule has 1 unspecified atom stereocenters. The first kappa shape index (κ1) is 18.7. The largest absolute Gasteiger partial charge is 0.508 e. The van der Waals surface area contributed by atoms with E-state index < -0.39 is 0 Å². The number of H-pyrrole nitrogens is 2. The predicted octanol–water partition coefficient (Wildman–Crippen LogP) is 5.08. The number of imidazole rings is 2. The predicted molar refractivity (Wildman–Crippen MR) is 122 cm³/mol. The summed E-state index contributed by atoms with van der Waals surface area (Å²) in [4.78, 5) is 20.0. The number of hydrogen-bond donors (Lipinski definition) is 4. The second kappa shape index (κ2) is 6.47. The highest BCUT2D eigenvalue weighted by atomic mass is 127. The average Bonchev–Trinajstić information content (AvgIpc) is 3.16. The molecule has 0 radical (unpaired) electrons. The number of phenolic OH excluding ortho intramolecular Hbond substituents is 2. The highest BCUT2D eigenvalue weighted by Gasteiger charge is 2.22. The summed E-state index contributed by atoms with van der Waals surface area (Å²) in [7, 11) is 0. The van der Waals surface area contributed by atoms with E-state index in [1.165, 1.54) is 6.07 Å². The molecule has 0 spiro atoms. The minimum atomic E-state index is -0.133. The summed E-state index contributed by atoms with van der Waals surface area (Å²) in [5.41, 5.74) is 3.76. The zero-order chi connectivity index (χ0) is 19.5. The van der Waals surface area contributed by atoms with Crippen LogP contribution in [0.3, 0.4) is 0 Å². The van der Waals surface area contributed by atoms with Crippen LogP contribution >= 0.6 is 45.2 Å². The third kappa shape index (κ3) is 3.35. The minimum Gasteiger partial charge on any atom is -0.508 e. The fourth-order valence-corrected chi connectivity index (χ4v) is 3.64. The summed E-state index contributed by atoms with van der Waals surface area (Å²) < 4.78 is -0.0610. The average molecular weight is 589 g/mol. The summed E-state index contributed by atoms with van der Waals surface area (Å²) in [6, 6.07) is 5.01. The number of hydrogen-bond acceptors (Lipinski definition) is 5. The molecular formula is C18H17I2N5O2. The molecule has 4 aromatic rings. The van der Waals surface area contributed by atoms with E-state index in [4.69, 9.17) is 0 Å². The molecule has 140 valence electrons. The first-order chi connectivity index (χ1) is 12.6. The van der Waals surface area contributed by atoms with Crippen molar-refractivity contribution >= 4 is 67.5 Å². The number of pyridine rings is 1. The lowest BCUT2D eigenvalue weighted by molar-refractivity contribution is 0.456. The monoisotopic (exact) mass is 589 g/mol. The van der Waals surface area contributed by atoms with E-state index in [1.807, 2.05) is 13.0 Å². The molecule has 1 aromatic carbocycles. The Labute approximate surface area is 182 Å². The Morgan fingerprint density at radius 3 is 2.30 bits per heavy atom. The van der Waals surface area contributed by atoms with E-state index in [2.05, 4.69) is 83.9 Å². The molecule has 0 fully saturated rings. The molecule has 4 N–H and O–H groups in total. The van der Waals surface area contributed by atoms with Gasteiger partial charge in [-0.3, -0.25) is 0 Å². The molecule has 7 nitrogen and oxygen atoms in total. The SMILES string of the molecule is CC(I)c1cc(O)c(-c2nc3nc4nc(C(C)(C)I)[nH]c4cc3[nH]2)cc1O. The van der Waals surface area contributed by atoms with Gasteiger partial charge in [-0.2, -0.15) is 0 Å². The fraction of sp³-hybridized carbons (Fsp3) is 0.278. The van der Waals surface area contributed by atoms with Crippen LogP contribution in [0.4, 0.5) is 0 Å². The van der Waals surface area contributed by atoms with Crippen molar-refractivity contribution in [1.82, 2.24) is 24.9 Å². The van der Waals surface area contributed by atoms with Crippen molar-refractivity contribution in [3.05, 3.63) is 29.6 Å². The van der Waals surface area contributed by atoms with E-state index in [-0.39, 0.29) is 18.8 Å². The van der Waals surface area contributed by atoms with E-state index in [0.717, 1.165) is 16.9 Å². The van der Waals surface area contributed by atoms with Gasteiger partial charge in [0.1, 0.15) is 23.1 Å². The van der Waals surface area contributed by atoms with Crippen LogP contribution in [-0.2, 0) is 3.42 Å². The van der Waals surface area contributed by atoms with Crippen LogP contribution < -0.4 is 0 Å². The highest BCUT2D eigenvalue weighted by molar-refractivity contribution is 14.1. The summed E-state index contributed by atoms with van der Waals surface area (Å²) in [5, 5.41) is 20.7. The zero-order valence-corrected chi connectivity index (χ0v) is 19.1. The van der Waals surface area contributed by atoms with Gasteiger partial charge in [0.25, 0.3) is 0 Å². The van der Waals surface area contributed by atoms with Crippen molar-refractivity contribution in [2.24, 2.45) is 0 Å². The summed E-state index contributed by atoms with van der Waals surface area (Å²) in [6.07, 6.45) is 0. The van der Waals surface area contributed by atoms with E-state index in [0.29, 0.717) is 28.2 Å². The van der Waals surface area contributed by atoms with Gasteiger partial charge in [0.15, 0.2) is 11.3 Å². The highest BCUT2D eigenvalue weighted by Crippen LogP contribution is 2.39. The second-order valence-corrected chi connectivity index (χ2v) is 11.5. The number of halogens is 2. The Morgan fingerprint density at radius 2 is 1.63 bits per heavy atom. The molecule has 0 amide bonds. The maximum Gasteiger partial charge on any atom is 0.180 e. The van der Waals surface area contributed by atoms with Gasteiger partial charge < -0.3 is 20.2 Å². The molecule has 0 saturated carbocycles. The van der Waals surface area contributed by atoms with Crippen molar-refractivity contribution in [2.75, 3.05) is 0 Å².